The summed E-state index contributed by atoms with van der Waals surface area (Å²) in [5.41, 5.74) is 0.808. The molecule has 1 unspecified atom stereocenters. The van der Waals surface area contributed by atoms with Gasteiger partial charge in [-0.05, 0) is 40.5 Å². The molecule has 0 fully saturated rings. The number of aliphatic hydroxyl groups excluding tert-OH is 1. The fourth-order valence-corrected chi connectivity index (χ4v) is 2.23. The van der Waals surface area contributed by atoms with Crippen molar-refractivity contribution in [3.63, 3.8) is 0 Å². The second-order valence-corrected chi connectivity index (χ2v) is 6.10. The molecule has 1 N–H and O–H groups in total. The second kappa shape index (κ2) is 4.50. The predicted octanol–water partition coefficient (Wildman–Crippen LogP) is 3.30. The van der Waals surface area contributed by atoms with Crippen LogP contribution in [0.3, 0.4) is 0 Å². The largest absolute Gasteiger partial charge is 0.489 e. The fraction of sp³-hybridized carbons (Fsp3) is 0.538. The van der Waals surface area contributed by atoms with Gasteiger partial charge in [-0.1, -0.05) is 13.8 Å². The van der Waals surface area contributed by atoms with Crippen molar-refractivity contribution in [2.45, 2.75) is 26.9 Å². The van der Waals surface area contributed by atoms with Gasteiger partial charge in [-0.25, -0.2) is 0 Å². The smallest absolute Gasteiger partial charge is 0.175 e. The Balaban J connectivity index is 2.39. The van der Waals surface area contributed by atoms with Gasteiger partial charge in [0.2, 0.25) is 0 Å². The normalized spacial score (nSPS) is 19.6. The van der Waals surface area contributed by atoms with Crippen molar-refractivity contribution in [2.75, 3.05) is 13.2 Å². The van der Waals surface area contributed by atoms with Crippen LogP contribution in [0.1, 0.15) is 32.4 Å². The third-order valence-electron chi connectivity index (χ3n) is 2.74. The first-order valence-corrected chi connectivity index (χ1v) is 6.45. The molecule has 0 aliphatic carbocycles. The van der Waals surface area contributed by atoms with E-state index in [2.05, 4.69) is 29.8 Å². The molecule has 3 nitrogen and oxygen atoms in total. The van der Waals surface area contributed by atoms with E-state index < -0.39 is 6.10 Å². The highest BCUT2D eigenvalue weighted by Crippen LogP contribution is 2.41. The molecule has 0 amide bonds. The highest BCUT2D eigenvalue weighted by molar-refractivity contribution is 9.10. The van der Waals surface area contributed by atoms with Crippen molar-refractivity contribution in [3.8, 4) is 11.5 Å². The highest BCUT2D eigenvalue weighted by atomic mass is 79.9. The molecule has 17 heavy (non-hydrogen) atoms. The summed E-state index contributed by atoms with van der Waals surface area (Å²) in [4.78, 5) is 0. The number of fused-ring (bicyclic) bond motifs is 1. The third kappa shape index (κ3) is 2.75. The van der Waals surface area contributed by atoms with Crippen LogP contribution in [0.25, 0.3) is 0 Å². The Kier molecular flexibility index (Phi) is 3.36. The fourth-order valence-electron chi connectivity index (χ4n) is 1.66. The lowest BCUT2D eigenvalue weighted by Crippen LogP contribution is -2.26. The maximum absolute atomic E-state index is 9.61. The number of ether oxygens (including phenoxy) is 2. The molecule has 1 aromatic carbocycles. The van der Waals surface area contributed by atoms with E-state index in [-0.39, 0.29) is 5.41 Å². The van der Waals surface area contributed by atoms with Gasteiger partial charge in [-0.2, -0.15) is 0 Å². The van der Waals surface area contributed by atoms with Crippen molar-refractivity contribution in [3.05, 3.63) is 22.2 Å². The Morgan fingerprint density at radius 2 is 1.94 bits per heavy atom. The molecule has 0 saturated carbocycles. The predicted molar refractivity (Wildman–Crippen MR) is 69.5 cm³/mol. The molecule has 0 saturated heterocycles. The summed E-state index contributed by atoms with van der Waals surface area (Å²) in [6, 6.07) is 3.71. The van der Waals surface area contributed by atoms with Gasteiger partial charge in [0.25, 0.3) is 0 Å². The number of halogens is 1. The first-order chi connectivity index (χ1) is 7.89. The summed E-state index contributed by atoms with van der Waals surface area (Å²) in [5, 5.41) is 9.61. The Morgan fingerprint density at radius 1 is 1.29 bits per heavy atom. The van der Waals surface area contributed by atoms with E-state index in [4.69, 9.17) is 9.47 Å². The lowest BCUT2D eigenvalue weighted by molar-refractivity contribution is 0.140. The molecular weight excluding hydrogens is 284 g/mol. The van der Waals surface area contributed by atoms with E-state index in [1.807, 2.05) is 12.1 Å². The molecule has 2 rings (SSSR count). The Morgan fingerprint density at radius 3 is 2.59 bits per heavy atom. The SMILES string of the molecule is CC(O)c1cc(Br)c2c(c1)OCC(C)(C)CO2. The Bertz CT molecular complexity index is 427. The summed E-state index contributed by atoms with van der Waals surface area (Å²) in [5.74, 6) is 1.42. The molecular formula is C13H17BrO3. The van der Waals surface area contributed by atoms with Gasteiger partial charge in [0.15, 0.2) is 11.5 Å². The zero-order valence-electron chi connectivity index (χ0n) is 10.3. The van der Waals surface area contributed by atoms with E-state index in [9.17, 15) is 5.11 Å². The Labute approximate surface area is 110 Å². The van der Waals surface area contributed by atoms with Crippen LogP contribution in [0, 0.1) is 5.41 Å². The van der Waals surface area contributed by atoms with Crippen molar-refractivity contribution in [1.29, 1.82) is 0 Å². The molecule has 0 bridgehead atoms. The minimum atomic E-state index is -0.517. The van der Waals surface area contributed by atoms with E-state index in [1.165, 1.54) is 0 Å². The zero-order valence-corrected chi connectivity index (χ0v) is 11.9. The lowest BCUT2D eigenvalue weighted by Gasteiger charge is -2.19. The van der Waals surface area contributed by atoms with Crippen LogP contribution in [0.4, 0.5) is 0 Å². The summed E-state index contributed by atoms with van der Waals surface area (Å²) in [6.45, 7) is 7.16. The number of benzene rings is 1. The molecule has 0 aromatic heterocycles. The monoisotopic (exact) mass is 300 g/mol. The van der Waals surface area contributed by atoms with Crippen molar-refractivity contribution < 1.29 is 14.6 Å². The van der Waals surface area contributed by atoms with E-state index in [0.29, 0.717) is 19.0 Å². The molecule has 0 spiro atoms. The van der Waals surface area contributed by atoms with Crippen LogP contribution in [-0.2, 0) is 0 Å². The van der Waals surface area contributed by atoms with Crippen molar-refractivity contribution >= 4 is 15.9 Å². The number of hydrogen-bond donors (Lipinski definition) is 1. The van der Waals surface area contributed by atoms with Gasteiger partial charge in [0, 0.05) is 5.41 Å². The van der Waals surface area contributed by atoms with Crippen LogP contribution >= 0.6 is 15.9 Å². The quantitative estimate of drug-likeness (QED) is 0.865. The highest BCUT2D eigenvalue weighted by Gasteiger charge is 2.27. The minimum absolute atomic E-state index is 0.0105. The molecule has 1 heterocycles. The summed E-state index contributed by atoms with van der Waals surface area (Å²) < 4.78 is 12.4. The van der Waals surface area contributed by atoms with Crippen LogP contribution < -0.4 is 9.47 Å². The topological polar surface area (TPSA) is 38.7 Å². The summed E-state index contributed by atoms with van der Waals surface area (Å²) in [7, 11) is 0. The maximum Gasteiger partial charge on any atom is 0.175 e. The van der Waals surface area contributed by atoms with Gasteiger partial charge < -0.3 is 14.6 Å². The van der Waals surface area contributed by atoms with Gasteiger partial charge in [-0.15, -0.1) is 0 Å². The first kappa shape index (κ1) is 12.7. The standard InChI is InChI=1S/C13H17BrO3/c1-8(15)9-4-10(14)12-11(5-9)16-6-13(2,3)7-17-12/h4-5,8,15H,6-7H2,1-3H3. The third-order valence-corrected chi connectivity index (χ3v) is 3.33. The Hall–Kier alpha value is -0.740. The minimum Gasteiger partial charge on any atom is -0.489 e. The molecule has 94 valence electrons. The van der Waals surface area contributed by atoms with Crippen molar-refractivity contribution in [2.24, 2.45) is 5.41 Å². The average molecular weight is 301 g/mol. The maximum atomic E-state index is 9.61. The lowest BCUT2D eigenvalue weighted by atomic mass is 9.97. The molecule has 1 aliphatic heterocycles. The number of rotatable bonds is 1. The van der Waals surface area contributed by atoms with Gasteiger partial charge >= 0.3 is 0 Å². The molecule has 0 radical (unpaired) electrons. The molecule has 1 aromatic rings. The molecule has 4 heteroatoms. The van der Waals surface area contributed by atoms with Gasteiger partial charge in [0.05, 0.1) is 23.8 Å². The second-order valence-electron chi connectivity index (χ2n) is 5.25. The van der Waals surface area contributed by atoms with E-state index in [0.717, 1.165) is 15.8 Å². The van der Waals surface area contributed by atoms with Gasteiger partial charge in [0.1, 0.15) is 0 Å². The summed E-state index contributed by atoms with van der Waals surface area (Å²) in [6.07, 6.45) is -0.517. The molecule has 1 aliphatic rings. The molecule has 1 atom stereocenters. The average Bonchev–Trinajstić information content (AvgIpc) is 2.38. The first-order valence-electron chi connectivity index (χ1n) is 5.66. The number of hydrogen-bond acceptors (Lipinski definition) is 3. The number of aliphatic hydroxyl groups is 1. The van der Waals surface area contributed by atoms with Gasteiger partial charge in [-0.3, -0.25) is 0 Å². The summed E-state index contributed by atoms with van der Waals surface area (Å²) >= 11 is 3.46. The van der Waals surface area contributed by atoms with Crippen LogP contribution in [0.2, 0.25) is 0 Å². The van der Waals surface area contributed by atoms with Crippen LogP contribution in [-0.4, -0.2) is 18.3 Å². The van der Waals surface area contributed by atoms with E-state index >= 15 is 0 Å². The zero-order chi connectivity index (χ0) is 12.6. The van der Waals surface area contributed by atoms with Crippen molar-refractivity contribution in [1.82, 2.24) is 0 Å². The van der Waals surface area contributed by atoms with Crippen LogP contribution in [0.15, 0.2) is 16.6 Å². The van der Waals surface area contributed by atoms with Crippen LogP contribution in [0.5, 0.6) is 11.5 Å². The van der Waals surface area contributed by atoms with E-state index in [1.54, 1.807) is 6.92 Å².